The van der Waals surface area contributed by atoms with Crippen molar-refractivity contribution in [1.82, 2.24) is 25.3 Å². The van der Waals surface area contributed by atoms with E-state index in [4.69, 9.17) is 4.52 Å². The Morgan fingerprint density at radius 2 is 2.19 bits per heavy atom. The molecular weight excluding hydrogens is 206 g/mol. The van der Waals surface area contributed by atoms with Gasteiger partial charge in [0.05, 0.1) is 0 Å². The molecule has 2 aromatic rings. The number of nitrogens with zero attached hydrogens (tertiary/aromatic N) is 4. The van der Waals surface area contributed by atoms with Gasteiger partial charge in [0.2, 0.25) is 11.7 Å². The highest BCUT2D eigenvalue weighted by molar-refractivity contribution is 5.40. The molecule has 0 bridgehead atoms. The maximum Gasteiger partial charge on any atom is 0.239 e. The second kappa shape index (κ2) is 2.90. The van der Waals surface area contributed by atoms with Crippen molar-refractivity contribution in [2.45, 2.75) is 25.2 Å². The topological polar surface area (TPSA) is 80.5 Å². The molecule has 6 nitrogen and oxygen atoms in total. The lowest BCUT2D eigenvalue weighted by molar-refractivity contribution is 0.368. The van der Waals surface area contributed by atoms with Crippen molar-refractivity contribution in [1.29, 1.82) is 0 Å². The zero-order valence-electron chi connectivity index (χ0n) is 8.63. The first-order valence-electron chi connectivity index (χ1n) is 5.63. The van der Waals surface area contributed by atoms with Crippen LogP contribution in [0.2, 0.25) is 0 Å². The zero-order valence-corrected chi connectivity index (χ0v) is 8.63. The Bertz CT molecular complexity index is 495. The van der Waals surface area contributed by atoms with Crippen LogP contribution in [-0.2, 0) is 0 Å². The van der Waals surface area contributed by atoms with Crippen LogP contribution in [0, 0.1) is 11.8 Å². The Kier molecular flexibility index (Phi) is 1.53. The fourth-order valence-corrected chi connectivity index (χ4v) is 2.97. The standard InChI is InChI=1S/C10H11N5O/c1-2-5-6(3-1)7(5)10-13-9(15-16-10)8-11-4-12-14-8/h4-7H,1-3H2,(H,11,12,14). The number of hydrogen-bond acceptors (Lipinski definition) is 5. The molecular formula is C10H11N5O. The van der Waals surface area contributed by atoms with Crippen molar-refractivity contribution < 1.29 is 4.52 Å². The van der Waals surface area contributed by atoms with Crippen molar-refractivity contribution in [2.24, 2.45) is 11.8 Å². The summed E-state index contributed by atoms with van der Waals surface area (Å²) in [6, 6.07) is 0. The molecule has 0 spiro atoms. The quantitative estimate of drug-likeness (QED) is 0.821. The number of aromatic amines is 1. The second-order valence-electron chi connectivity index (χ2n) is 4.57. The monoisotopic (exact) mass is 217 g/mol. The molecule has 1 N–H and O–H groups in total. The van der Waals surface area contributed by atoms with Gasteiger partial charge in [-0.15, -0.1) is 0 Å². The van der Waals surface area contributed by atoms with E-state index in [1.165, 1.54) is 25.6 Å². The highest BCUT2D eigenvalue weighted by Gasteiger charge is 2.56. The molecule has 2 unspecified atom stereocenters. The molecule has 0 radical (unpaired) electrons. The van der Waals surface area contributed by atoms with E-state index in [9.17, 15) is 0 Å². The van der Waals surface area contributed by atoms with Gasteiger partial charge in [0.15, 0.2) is 5.82 Å². The van der Waals surface area contributed by atoms with Crippen molar-refractivity contribution in [2.75, 3.05) is 0 Å². The van der Waals surface area contributed by atoms with Gasteiger partial charge in [-0.05, 0) is 24.7 Å². The fourth-order valence-electron chi connectivity index (χ4n) is 2.97. The first-order chi connectivity index (χ1) is 7.93. The lowest BCUT2D eigenvalue weighted by Crippen LogP contribution is -1.88. The third-order valence-electron chi connectivity index (χ3n) is 3.76. The van der Waals surface area contributed by atoms with Crippen LogP contribution in [0.4, 0.5) is 0 Å². The van der Waals surface area contributed by atoms with Gasteiger partial charge < -0.3 is 4.52 Å². The average molecular weight is 217 g/mol. The van der Waals surface area contributed by atoms with Crippen LogP contribution >= 0.6 is 0 Å². The smallest absolute Gasteiger partial charge is 0.239 e. The molecule has 0 amide bonds. The highest BCUT2D eigenvalue weighted by Crippen LogP contribution is 2.62. The van der Waals surface area contributed by atoms with Gasteiger partial charge in [-0.2, -0.15) is 10.1 Å². The lowest BCUT2D eigenvalue weighted by atomic mass is 10.1. The summed E-state index contributed by atoms with van der Waals surface area (Å²) in [6.07, 6.45) is 5.43. The Hall–Kier alpha value is -1.72. The van der Waals surface area contributed by atoms with Crippen LogP contribution in [-0.4, -0.2) is 25.3 Å². The van der Waals surface area contributed by atoms with Crippen molar-refractivity contribution in [3.05, 3.63) is 12.2 Å². The van der Waals surface area contributed by atoms with Crippen molar-refractivity contribution in [3.8, 4) is 11.6 Å². The van der Waals surface area contributed by atoms with Gasteiger partial charge in [-0.25, -0.2) is 4.98 Å². The van der Waals surface area contributed by atoms with E-state index in [1.807, 2.05) is 0 Å². The molecule has 2 aromatic heterocycles. The maximum absolute atomic E-state index is 5.30. The molecule has 82 valence electrons. The molecule has 0 aromatic carbocycles. The normalized spacial score (nSPS) is 31.6. The predicted octanol–water partition coefficient (Wildman–Crippen LogP) is 1.37. The van der Waals surface area contributed by atoms with Crippen LogP contribution < -0.4 is 0 Å². The minimum atomic E-state index is 0.512. The number of aromatic nitrogens is 5. The molecule has 6 heteroatoms. The Morgan fingerprint density at radius 3 is 2.94 bits per heavy atom. The molecule has 0 saturated heterocycles. The van der Waals surface area contributed by atoms with Gasteiger partial charge in [0, 0.05) is 5.92 Å². The molecule has 2 aliphatic carbocycles. The number of nitrogens with one attached hydrogen (secondary N) is 1. The summed E-state index contributed by atoms with van der Waals surface area (Å²) < 4.78 is 5.30. The van der Waals surface area contributed by atoms with E-state index in [0.717, 1.165) is 17.7 Å². The number of fused-ring (bicyclic) bond motifs is 1. The van der Waals surface area contributed by atoms with E-state index in [2.05, 4.69) is 25.3 Å². The summed E-state index contributed by atoms with van der Waals surface area (Å²) in [6.45, 7) is 0. The lowest BCUT2D eigenvalue weighted by Gasteiger charge is -1.94. The molecule has 2 atom stereocenters. The Labute approximate surface area is 91.5 Å². The van der Waals surface area contributed by atoms with Crippen LogP contribution in [0.15, 0.2) is 10.9 Å². The molecule has 16 heavy (non-hydrogen) atoms. The SMILES string of the molecule is c1n[nH]c(-c2noc(C3C4CCCC43)n2)n1. The van der Waals surface area contributed by atoms with E-state index in [1.54, 1.807) is 0 Å². The number of H-pyrrole nitrogens is 1. The minimum absolute atomic E-state index is 0.512. The molecule has 2 saturated carbocycles. The summed E-state index contributed by atoms with van der Waals surface area (Å²) in [4.78, 5) is 8.39. The molecule has 0 aliphatic heterocycles. The Balaban J connectivity index is 1.62. The van der Waals surface area contributed by atoms with Crippen LogP contribution in [0.25, 0.3) is 11.6 Å². The maximum atomic E-state index is 5.30. The summed E-state index contributed by atoms with van der Waals surface area (Å²) >= 11 is 0. The predicted molar refractivity (Wildman–Crippen MR) is 53.2 cm³/mol. The second-order valence-corrected chi connectivity index (χ2v) is 4.57. The summed E-state index contributed by atoms with van der Waals surface area (Å²) in [7, 11) is 0. The average Bonchev–Trinajstić information content (AvgIpc) is 2.89. The van der Waals surface area contributed by atoms with Crippen LogP contribution in [0.3, 0.4) is 0 Å². The first-order valence-corrected chi connectivity index (χ1v) is 5.63. The van der Waals surface area contributed by atoms with Gasteiger partial charge in [0.1, 0.15) is 6.33 Å². The van der Waals surface area contributed by atoms with E-state index < -0.39 is 0 Å². The van der Waals surface area contributed by atoms with Gasteiger partial charge in [0.25, 0.3) is 0 Å². The fraction of sp³-hybridized carbons (Fsp3) is 0.600. The van der Waals surface area contributed by atoms with Gasteiger partial charge >= 0.3 is 0 Å². The van der Waals surface area contributed by atoms with Gasteiger partial charge in [-0.3, -0.25) is 5.10 Å². The first kappa shape index (κ1) is 8.43. The van der Waals surface area contributed by atoms with E-state index in [0.29, 0.717) is 17.6 Å². The summed E-state index contributed by atoms with van der Waals surface area (Å²) in [5.74, 6) is 3.96. The van der Waals surface area contributed by atoms with Crippen molar-refractivity contribution in [3.63, 3.8) is 0 Å². The Morgan fingerprint density at radius 1 is 1.31 bits per heavy atom. The minimum Gasteiger partial charge on any atom is -0.339 e. The third-order valence-corrected chi connectivity index (χ3v) is 3.76. The third kappa shape index (κ3) is 1.07. The number of rotatable bonds is 2. The largest absolute Gasteiger partial charge is 0.339 e. The van der Waals surface area contributed by atoms with Crippen LogP contribution in [0.5, 0.6) is 0 Å². The molecule has 2 fully saturated rings. The van der Waals surface area contributed by atoms with E-state index in [-0.39, 0.29) is 0 Å². The van der Waals surface area contributed by atoms with Crippen molar-refractivity contribution >= 4 is 0 Å². The summed E-state index contributed by atoms with van der Waals surface area (Å²) in [5.41, 5.74) is 0. The van der Waals surface area contributed by atoms with E-state index >= 15 is 0 Å². The summed E-state index contributed by atoms with van der Waals surface area (Å²) in [5, 5.41) is 10.4. The number of hydrogen-bond donors (Lipinski definition) is 1. The molecule has 2 aliphatic rings. The molecule has 4 rings (SSSR count). The van der Waals surface area contributed by atoms with Gasteiger partial charge in [-0.1, -0.05) is 11.6 Å². The molecule has 2 heterocycles. The van der Waals surface area contributed by atoms with Crippen LogP contribution in [0.1, 0.15) is 31.1 Å². The zero-order chi connectivity index (χ0) is 10.5. The highest BCUT2D eigenvalue weighted by atomic mass is 16.5.